The summed E-state index contributed by atoms with van der Waals surface area (Å²) in [6.07, 6.45) is 61.8. The van der Waals surface area contributed by atoms with E-state index in [0.29, 0.717) is 12.8 Å². The number of aliphatic hydroxyl groups excluding tert-OH is 4. The summed E-state index contributed by atoms with van der Waals surface area (Å²) >= 11 is 0. The summed E-state index contributed by atoms with van der Waals surface area (Å²) in [6, 6.07) is -0.981. The molecule has 0 radical (unpaired) electrons. The molecule has 0 aromatic heterocycles. The lowest BCUT2D eigenvalue weighted by molar-refractivity contribution is -0.132. The maximum Gasteiger partial charge on any atom is 0.249 e. The third-order valence-corrected chi connectivity index (χ3v) is 14.3. The number of aliphatic hydroxyl groups is 4. The zero-order valence-electron chi connectivity index (χ0n) is 43.6. The molecule has 5 N–H and O–H groups in total. The fraction of sp³-hybridized carbons (Fsp3) is 0.983. The average Bonchev–Trinajstić information content (AvgIpc) is 3.30. The van der Waals surface area contributed by atoms with E-state index in [4.69, 9.17) is 0 Å². The minimum Gasteiger partial charge on any atom is -0.394 e. The highest BCUT2D eigenvalue weighted by Crippen LogP contribution is 2.19. The van der Waals surface area contributed by atoms with Gasteiger partial charge in [0.15, 0.2) is 0 Å². The van der Waals surface area contributed by atoms with E-state index in [9.17, 15) is 25.2 Å². The van der Waals surface area contributed by atoms with Crippen LogP contribution in [0.3, 0.4) is 0 Å². The van der Waals surface area contributed by atoms with Gasteiger partial charge in [0.25, 0.3) is 0 Å². The van der Waals surface area contributed by atoms with Crippen LogP contribution in [0, 0.1) is 0 Å². The molecule has 0 saturated carbocycles. The molecule has 0 aliphatic heterocycles. The first kappa shape index (κ1) is 63.3. The molecule has 0 aromatic rings. The summed E-state index contributed by atoms with van der Waals surface area (Å²) in [5.41, 5.74) is 0. The van der Waals surface area contributed by atoms with Crippen LogP contribution < -0.4 is 5.32 Å². The number of hydrogen-bond donors (Lipinski definition) is 5. The van der Waals surface area contributed by atoms with Crippen LogP contribution in [-0.4, -0.2) is 57.3 Å². The highest BCUT2D eigenvalue weighted by atomic mass is 16.3. The van der Waals surface area contributed by atoms with E-state index in [1.165, 1.54) is 270 Å². The van der Waals surface area contributed by atoms with Crippen LogP contribution in [0.4, 0.5) is 0 Å². The number of carbonyl (C=O) groups excluding carboxylic acids is 1. The molecule has 0 heterocycles. The number of amides is 1. The third kappa shape index (κ3) is 46.4. The molecule has 4 atom stereocenters. The van der Waals surface area contributed by atoms with Crippen LogP contribution >= 0.6 is 0 Å². The quantitative estimate of drug-likeness (QED) is 0.0391. The number of carbonyl (C=O) groups is 1. The predicted octanol–water partition coefficient (Wildman–Crippen LogP) is 17.1. The fourth-order valence-electron chi connectivity index (χ4n) is 9.70. The standard InChI is InChI=1S/C58H117NO5/c1-3-5-7-9-11-13-15-17-19-21-23-25-27-29-31-33-35-37-39-41-43-45-47-49-51-55(61)57(63)54(53-60)59-58(64)56(62)52-50-48-46-44-42-40-38-36-34-32-30-28-26-24-22-20-18-16-14-12-10-8-6-4-2/h54-57,60-63H,3-53H2,1-2H3,(H,59,64). The van der Waals surface area contributed by atoms with Gasteiger partial charge < -0.3 is 25.7 Å². The van der Waals surface area contributed by atoms with Gasteiger partial charge >= 0.3 is 0 Å². The molecule has 6 nitrogen and oxygen atoms in total. The van der Waals surface area contributed by atoms with Crippen molar-refractivity contribution in [2.75, 3.05) is 6.61 Å². The molecule has 1 amide bonds. The molecule has 0 aliphatic carbocycles. The molecule has 0 spiro atoms. The minimum atomic E-state index is -1.25. The summed E-state index contributed by atoms with van der Waals surface area (Å²) in [6.45, 7) is 4.11. The van der Waals surface area contributed by atoms with Crippen LogP contribution in [0.25, 0.3) is 0 Å². The highest BCUT2D eigenvalue weighted by Gasteiger charge is 2.28. The Kier molecular flexibility index (Phi) is 52.7. The largest absolute Gasteiger partial charge is 0.394 e. The van der Waals surface area contributed by atoms with Gasteiger partial charge in [0.1, 0.15) is 12.2 Å². The zero-order valence-corrected chi connectivity index (χ0v) is 43.6. The van der Waals surface area contributed by atoms with Crippen LogP contribution in [0.15, 0.2) is 0 Å². The van der Waals surface area contributed by atoms with Crippen molar-refractivity contribution in [3.8, 4) is 0 Å². The maximum absolute atomic E-state index is 12.6. The fourth-order valence-corrected chi connectivity index (χ4v) is 9.70. The van der Waals surface area contributed by atoms with Crippen molar-refractivity contribution >= 4 is 5.91 Å². The van der Waals surface area contributed by atoms with E-state index in [2.05, 4.69) is 19.2 Å². The van der Waals surface area contributed by atoms with Gasteiger partial charge in [0.05, 0.1) is 18.8 Å². The summed E-state index contributed by atoms with van der Waals surface area (Å²) in [5.74, 6) is -0.575. The topological polar surface area (TPSA) is 110 Å². The van der Waals surface area contributed by atoms with Gasteiger partial charge in [-0.3, -0.25) is 4.79 Å². The second-order valence-electron chi connectivity index (χ2n) is 20.7. The van der Waals surface area contributed by atoms with Crippen LogP contribution in [0.5, 0.6) is 0 Å². The molecular formula is C58H117NO5. The molecule has 6 heteroatoms. The Morgan fingerprint density at radius 2 is 0.531 bits per heavy atom. The predicted molar refractivity (Wildman–Crippen MR) is 279 cm³/mol. The van der Waals surface area contributed by atoms with E-state index in [1.807, 2.05) is 0 Å². The van der Waals surface area contributed by atoms with Crippen molar-refractivity contribution in [3.05, 3.63) is 0 Å². The van der Waals surface area contributed by atoms with Gasteiger partial charge in [-0.05, 0) is 12.8 Å². The Morgan fingerprint density at radius 1 is 0.328 bits per heavy atom. The van der Waals surface area contributed by atoms with Gasteiger partial charge in [-0.25, -0.2) is 0 Å². The van der Waals surface area contributed by atoms with Crippen molar-refractivity contribution in [3.63, 3.8) is 0 Å². The second kappa shape index (κ2) is 53.3. The first-order valence-electron chi connectivity index (χ1n) is 29.4. The van der Waals surface area contributed by atoms with Crippen molar-refractivity contribution in [1.29, 1.82) is 0 Å². The van der Waals surface area contributed by atoms with Crippen molar-refractivity contribution in [1.82, 2.24) is 5.32 Å². The second-order valence-corrected chi connectivity index (χ2v) is 20.7. The van der Waals surface area contributed by atoms with Gasteiger partial charge in [0, 0.05) is 0 Å². The number of hydrogen-bond acceptors (Lipinski definition) is 5. The third-order valence-electron chi connectivity index (χ3n) is 14.3. The van der Waals surface area contributed by atoms with E-state index in [0.717, 1.165) is 38.5 Å². The molecule has 64 heavy (non-hydrogen) atoms. The summed E-state index contributed by atoms with van der Waals surface area (Å²) in [5, 5.41) is 44.1. The van der Waals surface area contributed by atoms with Crippen molar-refractivity contribution in [2.24, 2.45) is 0 Å². The molecule has 0 fully saturated rings. The molecule has 0 aromatic carbocycles. The Balaban J connectivity index is 3.57. The number of rotatable bonds is 55. The molecule has 384 valence electrons. The first-order valence-corrected chi connectivity index (χ1v) is 29.4. The van der Waals surface area contributed by atoms with E-state index < -0.39 is 36.9 Å². The van der Waals surface area contributed by atoms with Gasteiger partial charge in [-0.1, -0.05) is 322 Å². The van der Waals surface area contributed by atoms with Gasteiger partial charge in [-0.2, -0.15) is 0 Å². The highest BCUT2D eigenvalue weighted by molar-refractivity contribution is 5.80. The van der Waals surface area contributed by atoms with Gasteiger partial charge in [0.2, 0.25) is 5.91 Å². The van der Waals surface area contributed by atoms with Crippen LogP contribution in [-0.2, 0) is 4.79 Å². The smallest absolute Gasteiger partial charge is 0.249 e. The van der Waals surface area contributed by atoms with Crippen LogP contribution in [0.1, 0.15) is 335 Å². The zero-order chi connectivity index (χ0) is 46.7. The molecule has 0 aliphatic rings. The number of nitrogens with one attached hydrogen (secondary N) is 1. The van der Waals surface area contributed by atoms with Crippen LogP contribution in [0.2, 0.25) is 0 Å². The van der Waals surface area contributed by atoms with E-state index in [-0.39, 0.29) is 0 Å². The molecule has 0 bridgehead atoms. The Hall–Kier alpha value is -0.690. The minimum absolute atomic E-state index is 0.376. The Labute approximate surface area is 400 Å². The molecule has 0 rings (SSSR count). The number of unbranched alkanes of at least 4 members (excludes halogenated alkanes) is 46. The lowest BCUT2D eigenvalue weighted by Crippen LogP contribution is -2.53. The summed E-state index contributed by atoms with van der Waals surface area (Å²) in [7, 11) is 0. The Morgan fingerprint density at radius 3 is 0.750 bits per heavy atom. The summed E-state index contributed by atoms with van der Waals surface area (Å²) in [4.78, 5) is 12.6. The molecule has 0 saturated heterocycles. The van der Waals surface area contributed by atoms with E-state index >= 15 is 0 Å². The van der Waals surface area contributed by atoms with E-state index in [1.54, 1.807) is 0 Å². The summed E-state index contributed by atoms with van der Waals surface area (Å²) < 4.78 is 0. The first-order chi connectivity index (χ1) is 31.5. The SMILES string of the molecule is CCCCCCCCCCCCCCCCCCCCCCCCCCC(O)C(=O)NC(CO)C(O)C(O)CCCCCCCCCCCCCCCCCCCCCCCCCC. The molecular weight excluding hydrogens is 791 g/mol. The molecule has 4 unspecified atom stereocenters. The lowest BCUT2D eigenvalue weighted by Gasteiger charge is -2.27. The van der Waals surface area contributed by atoms with Gasteiger partial charge in [-0.15, -0.1) is 0 Å². The lowest BCUT2D eigenvalue weighted by atomic mass is 9.99. The van der Waals surface area contributed by atoms with Crippen molar-refractivity contribution < 1.29 is 25.2 Å². The normalized spacial score (nSPS) is 13.7. The Bertz CT molecular complexity index is 887. The average molecular weight is 909 g/mol. The van der Waals surface area contributed by atoms with Crippen molar-refractivity contribution in [2.45, 2.75) is 359 Å². The maximum atomic E-state index is 12.6. The monoisotopic (exact) mass is 908 g/mol.